The third kappa shape index (κ3) is 6.24. The molecule has 3 aromatic rings. The Morgan fingerprint density at radius 1 is 1.12 bits per heavy atom. The third-order valence-corrected chi connectivity index (χ3v) is 6.83. The topological polar surface area (TPSA) is 67.9 Å². The van der Waals surface area contributed by atoms with Gasteiger partial charge in [-0.3, -0.25) is 9.59 Å². The highest BCUT2D eigenvalue weighted by atomic mass is 32.1. The van der Waals surface area contributed by atoms with E-state index in [1.807, 2.05) is 72.1 Å². The molecule has 0 spiro atoms. The summed E-state index contributed by atoms with van der Waals surface area (Å²) in [6.07, 6.45) is 2.06. The van der Waals surface area contributed by atoms with Gasteiger partial charge in [0, 0.05) is 24.6 Å². The molecule has 1 aliphatic rings. The molecule has 2 amide bonds. The molecule has 2 atom stereocenters. The number of hydrogen-bond acceptors (Lipinski definition) is 5. The number of benzene rings is 2. The van der Waals surface area contributed by atoms with Crippen molar-refractivity contribution in [3.8, 4) is 5.75 Å². The van der Waals surface area contributed by atoms with Crippen molar-refractivity contribution >= 4 is 23.2 Å². The average molecular weight is 479 g/mol. The van der Waals surface area contributed by atoms with Gasteiger partial charge in [0.15, 0.2) is 0 Å². The van der Waals surface area contributed by atoms with Crippen LogP contribution >= 0.6 is 11.3 Å². The van der Waals surface area contributed by atoms with Crippen molar-refractivity contribution in [1.29, 1.82) is 0 Å². The molecule has 34 heavy (non-hydrogen) atoms. The Morgan fingerprint density at radius 3 is 2.56 bits per heavy atom. The van der Waals surface area contributed by atoms with E-state index in [1.54, 1.807) is 23.3 Å². The van der Waals surface area contributed by atoms with Crippen LogP contribution in [0.4, 0.5) is 0 Å². The minimum Gasteiger partial charge on any atom is -0.497 e. The fourth-order valence-corrected chi connectivity index (χ4v) is 4.86. The number of hydrogen-bond donors (Lipinski definition) is 1. The van der Waals surface area contributed by atoms with Gasteiger partial charge < -0.3 is 19.7 Å². The Bertz CT molecular complexity index is 1050. The van der Waals surface area contributed by atoms with Crippen LogP contribution in [0.25, 0.3) is 0 Å². The molecule has 0 aliphatic carbocycles. The first-order valence-electron chi connectivity index (χ1n) is 11.5. The van der Waals surface area contributed by atoms with Crippen LogP contribution in [0.15, 0.2) is 72.1 Å². The van der Waals surface area contributed by atoms with Crippen LogP contribution in [0.1, 0.15) is 34.9 Å². The second-order valence-electron chi connectivity index (χ2n) is 8.32. The molecular formula is C27H30N2O4S. The lowest BCUT2D eigenvalue weighted by molar-refractivity contribution is -0.142. The molecular weight excluding hydrogens is 448 g/mol. The van der Waals surface area contributed by atoms with Crippen LogP contribution in [-0.2, 0) is 27.3 Å². The summed E-state index contributed by atoms with van der Waals surface area (Å²) < 4.78 is 11.1. The van der Waals surface area contributed by atoms with E-state index in [4.69, 9.17) is 9.47 Å². The highest BCUT2D eigenvalue weighted by molar-refractivity contribution is 7.10. The predicted molar refractivity (Wildman–Crippen MR) is 133 cm³/mol. The van der Waals surface area contributed by atoms with Crippen LogP contribution in [0.2, 0.25) is 0 Å². The average Bonchev–Trinajstić information content (AvgIpc) is 3.58. The number of amides is 2. The van der Waals surface area contributed by atoms with Gasteiger partial charge in [0.2, 0.25) is 11.8 Å². The standard InChI is InChI=1S/C27H30N2O4S/c1-32-22-13-11-20(12-14-22)18-28-27(31)26(21-7-3-2-4-8-21)29(19-23-9-5-15-33-23)25(30)17-24-10-6-16-34-24/h2-4,6-8,10-14,16,23,26H,5,9,15,17-19H2,1H3,(H,28,31)/t23-,26+/m0/s1. The first-order valence-corrected chi connectivity index (χ1v) is 12.4. The normalized spacial score (nSPS) is 16.1. The molecule has 178 valence electrons. The van der Waals surface area contributed by atoms with Gasteiger partial charge in [-0.2, -0.15) is 0 Å². The van der Waals surface area contributed by atoms with E-state index in [9.17, 15) is 9.59 Å². The van der Waals surface area contributed by atoms with Gasteiger partial charge in [-0.05, 0) is 47.5 Å². The maximum atomic E-state index is 13.6. The van der Waals surface area contributed by atoms with Gasteiger partial charge >= 0.3 is 0 Å². The minimum atomic E-state index is -0.740. The maximum Gasteiger partial charge on any atom is 0.247 e. The summed E-state index contributed by atoms with van der Waals surface area (Å²) in [7, 11) is 1.62. The number of carbonyl (C=O) groups is 2. The molecule has 1 saturated heterocycles. The molecule has 0 radical (unpaired) electrons. The zero-order chi connectivity index (χ0) is 23.8. The van der Waals surface area contributed by atoms with Crippen LogP contribution in [-0.4, -0.2) is 43.1 Å². The summed E-state index contributed by atoms with van der Waals surface area (Å²) in [5.41, 5.74) is 1.74. The number of nitrogens with one attached hydrogen (secondary N) is 1. The van der Waals surface area contributed by atoms with E-state index >= 15 is 0 Å². The fourth-order valence-electron chi connectivity index (χ4n) is 4.16. The van der Waals surface area contributed by atoms with Crippen molar-refractivity contribution in [2.75, 3.05) is 20.3 Å². The van der Waals surface area contributed by atoms with Crippen molar-refractivity contribution in [1.82, 2.24) is 10.2 Å². The van der Waals surface area contributed by atoms with E-state index in [1.165, 1.54) is 0 Å². The number of methoxy groups -OCH3 is 1. The zero-order valence-corrected chi connectivity index (χ0v) is 20.1. The van der Waals surface area contributed by atoms with Gasteiger partial charge in [0.05, 0.1) is 19.6 Å². The molecule has 1 aromatic heterocycles. The highest BCUT2D eigenvalue weighted by Gasteiger charge is 2.34. The summed E-state index contributed by atoms with van der Waals surface area (Å²) in [5, 5.41) is 5.00. The Kier molecular flexibility index (Phi) is 8.33. The van der Waals surface area contributed by atoms with Crippen molar-refractivity contribution in [2.24, 2.45) is 0 Å². The van der Waals surface area contributed by atoms with Crippen molar-refractivity contribution in [3.63, 3.8) is 0 Å². The summed E-state index contributed by atoms with van der Waals surface area (Å²) in [6.45, 7) is 1.44. The van der Waals surface area contributed by atoms with Crippen LogP contribution in [0.3, 0.4) is 0 Å². The molecule has 2 heterocycles. The van der Waals surface area contributed by atoms with Crippen molar-refractivity contribution in [2.45, 2.75) is 38.0 Å². The Balaban J connectivity index is 1.58. The molecule has 6 nitrogen and oxygen atoms in total. The first-order chi connectivity index (χ1) is 16.6. The van der Waals surface area contributed by atoms with Crippen molar-refractivity contribution < 1.29 is 19.1 Å². The summed E-state index contributed by atoms with van der Waals surface area (Å²) >= 11 is 1.55. The van der Waals surface area contributed by atoms with Gasteiger partial charge in [0.1, 0.15) is 11.8 Å². The van der Waals surface area contributed by atoms with Gasteiger partial charge in [-0.25, -0.2) is 0 Å². The maximum absolute atomic E-state index is 13.6. The minimum absolute atomic E-state index is 0.0621. The second kappa shape index (κ2) is 11.8. The lowest BCUT2D eigenvalue weighted by Gasteiger charge is -2.33. The fraction of sp³-hybridized carbons (Fsp3) is 0.333. The molecule has 0 bridgehead atoms. The molecule has 1 N–H and O–H groups in total. The summed E-state index contributed by atoms with van der Waals surface area (Å²) in [6, 6.07) is 20.2. The lowest BCUT2D eigenvalue weighted by atomic mass is 10.0. The Hall–Kier alpha value is -3.16. The van der Waals surface area contributed by atoms with E-state index in [2.05, 4.69) is 5.32 Å². The Morgan fingerprint density at radius 2 is 1.91 bits per heavy atom. The van der Waals surface area contributed by atoms with Crippen LogP contribution < -0.4 is 10.1 Å². The van der Waals surface area contributed by atoms with E-state index in [-0.39, 0.29) is 24.3 Å². The van der Waals surface area contributed by atoms with E-state index in [0.717, 1.165) is 34.6 Å². The number of thiophene rings is 1. The highest BCUT2D eigenvalue weighted by Crippen LogP contribution is 2.26. The first kappa shape index (κ1) is 24.0. The third-order valence-electron chi connectivity index (χ3n) is 5.95. The molecule has 1 aliphatic heterocycles. The predicted octanol–water partition coefficient (Wildman–Crippen LogP) is 4.36. The van der Waals surface area contributed by atoms with Gasteiger partial charge in [0.25, 0.3) is 0 Å². The monoisotopic (exact) mass is 478 g/mol. The van der Waals surface area contributed by atoms with Crippen LogP contribution in [0.5, 0.6) is 5.75 Å². The smallest absolute Gasteiger partial charge is 0.247 e. The van der Waals surface area contributed by atoms with E-state index in [0.29, 0.717) is 19.7 Å². The molecule has 1 fully saturated rings. The van der Waals surface area contributed by atoms with Crippen molar-refractivity contribution in [3.05, 3.63) is 88.1 Å². The second-order valence-corrected chi connectivity index (χ2v) is 9.35. The molecule has 2 aromatic carbocycles. The number of ether oxygens (including phenoxy) is 2. The lowest BCUT2D eigenvalue weighted by Crippen LogP contribution is -2.47. The number of carbonyl (C=O) groups excluding carboxylic acids is 2. The quantitative estimate of drug-likeness (QED) is 0.470. The molecule has 0 saturated carbocycles. The molecule has 0 unspecified atom stereocenters. The van der Waals surface area contributed by atoms with Gasteiger partial charge in [-0.15, -0.1) is 11.3 Å². The molecule has 7 heteroatoms. The zero-order valence-electron chi connectivity index (χ0n) is 19.3. The SMILES string of the molecule is COc1ccc(CNC(=O)[C@@H](c2ccccc2)N(C[C@@H]2CCCO2)C(=O)Cc2cccs2)cc1. The molecule has 4 rings (SSSR count). The largest absolute Gasteiger partial charge is 0.497 e. The Labute approximate surface area is 204 Å². The van der Waals surface area contributed by atoms with Gasteiger partial charge in [-0.1, -0.05) is 48.5 Å². The summed E-state index contributed by atoms with van der Waals surface area (Å²) in [4.78, 5) is 29.8. The van der Waals surface area contributed by atoms with E-state index < -0.39 is 6.04 Å². The van der Waals surface area contributed by atoms with Crippen LogP contribution in [0, 0.1) is 0 Å². The number of nitrogens with zero attached hydrogens (tertiary/aromatic N) is 1. The summed E-state index contributed by atoms with van der Waals surface area (Å²) in [5.74, 6) is 0.477. The number of rotatable bonds is 10.